The molecule has 0 aliphatic heterocycles. The molecular formula is C15H15FN2S. The Morgan fingerprint density at radius 2 is 2.16 bits per heavy atom. The second-order valence-electron chi connectivity index (χ2n) is 4.57. The third-order valence-corrected chi connectivity index (χ3v) is 3.83. The highest BCUT2D eigenvalue weighted by atomic mass is 32.1. The van der Waals surface area contributed by atoms with Crippen LogP contribution in [0.4, 0.5) is 10.1 Å². The third-order valence-electron chi connectivity index (χ3n) is 2.81. The number of hydrogen-bond donors (Lipinski definition) is 1. The Morgan fingerprint density at radius 1 is 1.37 bits per heavy atom. The second-order valence-corrected chi connectivity index (χ2v) is 5.94. The van der Waals surface area contributed by atoms with Gasteiger partial charge in [0.25, 0.3) is 0 Å². The lowest BCUT2D eigenvalue weighted by Crippen LogP contribution is -2.17. The quantitative estimate of drug-likeness (QED) is 0.910. The van der Waals surface area contributed by atoms with Crippen LogP contribution in [0.1, 0.15) is 22.2 Å². The Balaban J connectivity index is 2.01. The van der Waals surface area contributed by atoms with Crippen LogP contribution in [0.5, 0.6) is 0 Å². The molecule has 0 aliphatic carbocycles. The molecule has 1 atom stereocenters. The van der Waals surface area contributed by atoms with Crippen LogP contribution in [-0.4, -0.2) is 6.04 Å². The van der Waals surface area contributed by atoms with Crippen molar-refractivity contribution in [3.63, 3.8) is 0 Å². The summed E-state index contributed by atoms with van der Waals surface area (Å²) in [7, 11) is 0. The SMILES string of the molecule is Cc1ccc(CC(C)Nc2ccc(C#N)c(F)c2)s1. The van der Waals surface area contributed by atoms with Crippen molar-refractivity contribution in [2.45, 2.75) is 26.3 Å². The maximum atomic E-state index is 13.5. The average Bonchev–Trinajstić information content (AvgIpc) is 2.74. The zero-order chi connectivity index (χ0) is 13.8. The molecular weight excluding hydrogens is 259 g/mol. The van der Waals surface area contributed by atoms with Gasteiger partial charge in [-0.15, -0.1) is 11.3 Å². The van der Waals surface area contributed by atoms with Crippen LogP contribution in [0.15, 0.2) is 30.3 Å². The van der Waals surface area contributed by atoms with E-state index in [1.54, 1.807) is 17.4 Å². The predicted molar refractivity (Wildman–Crippen MR) is 77.0 cm³/mol. The molecule has 2 nitrogen and oxygen atoms in total. The summed E-state index contributed by atoms with van der Waals surface area (Å²) >= 11 is 1.78. The molecule has 1 aromatic carbocycles. The van der Waals surface area contributed by atoms with Gasteiger partial charge in [0.15, 0.2) is 0 Å². The van der Waals surface area contributed by atoms with Gasteiger partial charge in [-0.1, -0.05) is 0 Å². The van der Waals surface area contributed by atoms with Gasteiger partial charge in [0.1, 0.15) is 11.9 Å². The Bertz CT molecular complexity index is 613. The van der Waals surface area contributed by atoms with Gasteiger partial charge < -0.3 is 5.32 Å². The van der Waals surface area contributed by atoms with E-state index in [0.717, 1.165) is 6.42 Å². The number of benzene rings is 1. The number of nitrogens with zero attached hydrogens (tertiary/aromatic N) is 1. The molecule has 1 heterocycles. The van der Waals surface area contributed by atoms with Crippen molar-refractivity contribution in [1.82, 2.24) is 0 Å². The summed E-state index contributed by atoms with van der Waals surface area (Å²) in [4.78, 5) is 2.61. The Labute approximate surface area is 116 Å². The van der Waals surface area contributed by atoms with Crippen molar-refractivity contribution >= 4 is 17.0 Å². The van der Waals surface area contributed by atoms with Crippen molar-refractivity contribution in [3.8, 4) is 6.07 Å². The van der Waals surface area contributed by atoms with Crippen LogP contribution < -0.4 is 5.32 Å². The lowest BCUT2D eigenvalue weighted by Gasteiger charge is -2.14. The van der Waals surface area contributed by atoms with Crippen molar-refractivity contribution in [2.24, 2.45) is 0 Å². The molecule has 1 unspecified atom stereocenters. The number of nitrogens with one attached hydrogen (secondary N) is 1. The monoisotopic (exact) mass is 274 g/mol. The van der Waals surface area contributed by atoms with Crippen molar-refractivity contribution in [3.05, 3.63) is 51.5 Å². The summed E-state index contributed by atoms with van der Waals surface area (Å²) in [5.74, 6) is -0.480. The molecule has 19 heavy (non-hydrogen) atoms. The number of aryl methyl sites for hydroxylation is 1. The average molecular weight is 274 g/mol. The van der Waals surface area contributed by atoms with E-state index in [1.165, 1.54) is 21.9 Å². The normalized spacial score (nSPS) is 11.9. The summed E-state index contributed by atoms with van der Waals surface area (Å²) in [6, 6.07) is 10.9. The van der Waals surface area contributed by atoms with Crippen LogP contribution in [0, 0.1) is 24.1 Å². The number of rotatable bonds is 4. The first-order chi connectivity index (χ1) is 9.08. The molecule has 1 N–H and O–H groups in total. The third kappa shape index (κ3) is 3.55. The predicted octanol–water partition coefficient (Wildman–Crippen LogP) is 4.11. The van der Waals surface area contributed by atoms with Crippen LogP contribution >= 0.6 is 11.3 Å². The number of anilines is 1. The van der Waals surface area contributed by atoms with Gasteiger partial charge in [-0.25, -0.2) is 4.39 Å². The summed E-state index contributed by atoms with van der Waals surface area (Å²) in [5.41, 5.74) is 0.782. The van der Waals surface area contributed by atoms with E-state index in [9.17, 15) is 4.39 Å². The molecule has 0 bridgehead atoms. The fraction of sp³-hybridized carbons (Fsp3) is 0.267. The van der Waals surface area contributed by atoms with Gasteiger partial charge in [-0.05, 0) is 44.2 Å². The first kappa shape index (κ1) is 13.6. The van der Waals surface area contributed by atoms with Gasteiger partial charge in [0, 0.05) is 27.9 Å². The molecule has 0 amide bonds. The molecule has 0 radical (unpaired) electrons. The van der Waals surface area contributed by atoms with E-state index in [4.69, 9.17) is 5.26 Å². The number of halogens is 1. The number of thiophene rings is 1. The summed E-state index contributed by atoms with van der Waals surface area (Å²) in [6.45, 7) is 4.15. The van der Waals surface area contributed by atoms with Crippen molar-refractivity contribution in [2.75, 3.05) is 5.32 Å². The molecule has 4 heteroatoms. The smallest absolute Gasteiger partial charge is 0.143 e. The molecule has 0 spiro atoms. The molecule has 98 valence electrons. The van der Waals surface area contributed by atoms with Crippen LogP contribution in [0.25, 0.3) is 0 Å². The van der Waals surface area contributed by atoms with Gasteiger partial charge in [-0.2, -0.15) is 5.26 Å². The standard InChI is InChI=1S/C15H15FN2S/c1-10(7-14-6-3-11(2)19-14)18-13-5-4-12(9-17)15(16)8-13/h3-6,8,10,18H,7H2,1-2H3. The topological polar surface area (TPSA) is 35.8 Å². The largest absolute Gasteiger partial charge is 0.382 e. The minimum absolute atomic E-state index is 0.0760. The molecule has 0 saturated carbocycles. The first-order valence-electron chi connectivity index (χ1n) is 6.10. The number of nitriles is 1. The molecule has 2 rings (SSSR count). The molecule has 1 aromatic heterocycles. The molecule has 0 saturated heterocycles. The first-order valence-corrected chi connectivity index (χ1v) is 6.91. The minimum atomic E-state index is -0.480. The van der Waals surface area contributed by atoms with Gasteiger partial charge in [0.2, 0.25) is 0 Å². The summed E-state index contributed by atoms with van der Waals surface area (Å²) in [6.07, 6.45) is 0.903. The highest BCUT2D eigenvalue weighted by molar-refractivity contribution is 7.11. The highest BCUT2D eigenvalue weighted by Crippen LogP contribution is 2.19. The zero-order valence-corrected chi connectivity index (χ0v) is 11.7. The van der Waals surface area contributed by atoms with Crippen LogP contribution in [-0.2, 0) is 6.42 Å². The Morgan fingerprint density at radius 3 is 2.74 bits per heavy atom. The van der Waals surface area contributed by atoms with Gasteiger partial charge in [0.05, 0.1) is 5.56 Å². The van der Waals surface area contributed by atoms with E-state index >= 15 is 0 Å². The Hall–Kier alpha value is -1.86. The lowest BCUT2D eigenvalue weighted by atomic mass is 10.1. The van der Waals surface area contributed by atoms with E-state index in [2.05, 4.69) is 31.3 Å². The maximum Gasteiger partial charge on any atom is 0.143 e. The van der Waals surface area contributed by atoms with Crippen molar-refractivity contribution < 1.29 is 4.39 Å². The fourth-order valence-corrected chi connectivity index (χ4v) is 2.95. The van der Waals surface area contributed by atoms with E-state index in [-0.39, 0.29) is 11.6 Å². The summed E-state index contributed by atoms with van der Waals surface area (Å²) in [5, 5.41) is 11.9. The van der Waals surface area contributed by atoms with Crippen LogP contribution in [0.2, 0.25) is 0 Å². The lowest BCUT2D eigenvalue weighted by molar-refractivity contribution is 0.624. The number of hydrogen-bond acceptors (Lipinski definition) is 3. The molecule has 0 aliphatic rings. The van der Waals surface area contributed by atoms with Gasteiger partial charge >= 0.3 is 0 Å². The van der Waals surface area contributed by atoms with Gasteiger partial charge in [-0.3, -0.25) is 0 Å². The Kier molecular flexibility index (Phi) is 4.18. The van der Waals surface area contributed by atoms with E-state index in [0.29, 0.717) is 5.69 Å². The van der Waals surface area contributed by atoms with E-state index in [1.807, 2.05) is 6.07 Å². The zero-order valence-electron chi connectivity index (χ0n) is 10.9. The van der Waals surface area contributed by atoms with Crippen LogP contribution in [0.3, 0.4) is 0 Å². The molecule has 2 aromatic rings. The summed E-state index contributed by atoms with van der Waals surface area (Å²) < 4.78 is 13.5. The minimum Gasteiger partial charge on any atom is -0.382 e. The fourth-order valence-electron chi connectivity index (χ4n) is 1.93. The van der Waals surface area contributed by atoms with Crippen molar-refractivity contribution in [1.29, 1.82) is 5.26 Å². The van der Waals surface area contributed by atoms with E-state index < -0.39 is 5.82 Å². The highest BCUT2D eigenvalue weighted by Gasteiger charge is 2.07. The maximum absolute atomic E-state index is 13.5. The second kappa shape index (κ2) is 5.85. The molecule has 0 fully saturated rings.